The summed E-state index contributed by atoms with van der Waals surface area (Å²) in [5.41, 5.74) is 2.33. The monoisotopic (exact) mass is 398 g/mol. The van der Waals surface area contributed by atoms with Crippen LogP contribution in [0.1, 0.15) is 29.5 Å². The van der Waals surface area contributed by atoms with Gasteiger partial charge in [-0.05, 0) is 39.3 Å². The minimum atomic E-state index is -0.212. The van der Waals surface area contributed by atoms with Crippen LogP contribution in [0.5, 0.6) is 0 Å². The Morgan fingerprint density at radius 2 is 1.97 bits per heavy atom. The Morgan fingerprint density at radius 3 is 2.69 bits per heavy atom. The lowest BCUT2D eigenvalue weighted by Gasteiger charge is -2.28. The van der Waals surface area contributed by atoms with E-state index in [0.717, 1.165) is 29.0 Å². The SMILES string of the molecule is Cc1nc(NC[C@@H]2C[C@H](CO)N(C)[C@@H]2c2ccccc2F)c2c(C)nn(C)c2n1. The Morgan fingerprint density at radius 1 is 1.21 bits per heavy atom. The molecule has 1 aliphatic heterocycles. The first kappa shape index (κ1) is 19.7. The summed E-state index contributed by atoms with van der Waals surface area (Å²) >= 11 is 0. The quantitative estimate of drug-likeness (QED) is 0.688. The minimum absolute atomic E-state index is 0.00121. The number of hydrogen-bond donors (Lipinski definition) is 2. The number of anilines is 1. The molecule has 3 heterocycles. The van der Waals surface area contributed by atoms with Crippen LogP contribution in [0.2, 0.25) is 0 Å². The van der Waals surface area contributed by atoms with Gasteiger partial charge in [0.15, 0.2) is 5.65 Å². The molecule has 1 saturated heterocycles. The predicted octanol–water partition coefficient (Wildman–Crippen LogP) is 2.59. The number of likely N-dealkylation sites (tertiary alicyclic amines) is 1. The molecule has 154 valence electrons. The number of aliphatic hydroxyl groups excluding tert-OH is 1. The van der Waals surface area contributed by atoms with Crippen LogP contribution in [0.3, 0.4) is 0 Å². The fourth-order valence-corrected chi connectivity index (χ4v) is 4.59. The molecule has 0 aliphatic carbocycles. The average molecular weight is 398 g/mol. The smallest absolute Gasteiger partial charge is 0.163 e. The van der Waals surface area contributed by atoms with Gasteiger partial charge < -0.3 is 10.4 Å². The fourth-order valence-electron chi connectivity index (χ4n) is 4.59. The van der Waals surface area contributed by atoms with E-state index in [1.807, 2.05) is 40.1 Å². The van der Waals surface area contributed by atoms with Crippen LogP contribution in [0.15, 0.2) is 24.3 Å². The van der Waals surface area contributed by atoms with Crippen molar-refractivity contribution in [1.82, 2.24) is 24.6 Å². The van der Waals surface area contributed by atoms with Crippen LogP contribution in [0.4, 0.5) is 10.2 Å². The highest BCUT2D eigenvalue weighted by molar-refractivity contribution is 5.89. The largest absolute Gasteiger partial charge is 0.395 e. The van der Waals surface area contributed by atoms with Gasteiger partial charge in [0.2, 0.25) is 0 Å². The molecule has 29 heavy (non-hydrogen) atoms. The number of likely N-dealkylation sites (N-methyl/N-ethyl adjacent to an activating group) is 1. The number of aromatic nitrogens is 4. The molecular formula is C21H27FN6O. The standard InChI is InChI=1S/C21H27FN6O/c1-12-18-20(24-13(2)25-21(18)28(4)26-12)23-10-14-9-15(11-29)27(3)19(14)16-7-5-6-8-17(16)22/h5-8,14-15,19,29H,9-11H2,1-4H3,(H,23,24,25)/t14-,15+,19-/m0/s1. The molecule has 2 N–H and O–H groups in total. The van der Waals surface area contributed by atoms with Gasteiger partial charge in [0.1, 0.15) is 17.5 Å². The van der Waals surface area contributed by atoms with Crippen molar-refractivity contribution in [2.75, 3.05) is 25.5 Å². The summed E-state index contributed by atoms with van der Waals surface area (Å²) in [7, 11) is 3.83. The van der Waals surface area contributed by atoms with Crippen molar-refractivity contribution in [3.8, 4) is 0 Å². The lowest BCUT2D eigenvalue weighted by atomic mass is 9.92. The van der Waals surface area contributed by atoms with E-state index < -0.39 is 0 Å². The zero-order chi connectivity index (χ0) is 20.7. The molecule has 0 spiro atoms. The molecule has 8 heteroatoms. The van der Waals surface area contributed by atoms with Gasteiger partial charge in [0.25, 0.3) is 0 Å². The zero-order valence-electron chi connectivity index (χ0n) is 17.2. The van der Waals surface area contributed by atoms with Crippen molar-refractivity contribution >= 4 is 16.9 Å². The number of nitrogens with zero attached hydrogens (tertiary/aromatic N) is 5. The number of fused-ring (bicyclic) bond motifs is 1. The second-order valence-corrected chi connectivity index (χ2v) is 7.87. The van der Waals surface area contributed by atoms with Crippen LogP contribution in [-0.2, 0) is 7.05 Å². The van der Waals surface area contributed by atoms with Gasteiger partial charge in [-0.25, -0.2) is 14.4 Å². The lowest BCUT2D eigenvalue weighted by Crippen LogP contribution is -2.31. The first-order valence-electron chi connectivity index (χ1n) is 9.89. The summed E-state index contributed by atoms with van der Waals surface area (Å²) < 4.78 is 16.3. The number of nitrogens with one attached hydrogen (secondary N) is 1. The molecule has 0 unspecified atom stereocenters. The van der Waals surface area contributed by atoms with E-state index >= 15 is 0 Å². The number of halogens is 1. The van der Waals surface area contributed by atoms with Crippen molar-refractivity contribution in [3.05, 3.63) is 47.2 Å². The average Bonchev–Trinajstić information content (AvgIpc) is 3.16. The Bertz CT molecular complexity index is 1040. The highest BCUT2D eigenvalue weighted by Gasteiger charge is 2.40. The first-order chi connectivity index (χ1) is 13.9. The minimum Gasteiger partial charge on any atom is -0.395 e. The second-order valence-electron chi connectivity index (χ2n) is 7.87. The van der Waals surface area contributed by atoms with E-state index in [2.05, 4.69) is 25.3 Å². The van der Waals surface area contributed by atoms with Crippen molar-refractivity contribution in [1.29, 1.82) is 0 Å². The molecule has 2 aromatic heterocycles. The second kappa shape index (κ2) is 7.68. The molecular weight excluding hydrogens is 371 g/mol. The Balaban J connectivity index is 1.65. The van der Waals surface area contributed by atoms with Gasteiger partial charge >= 0.3 is 0 Å². The molecule has 0 bridgehead atoms. The summed E-state index contributed by atoms with van der Waals surface area (Å²) in [6, 6.07) is 6.78. The Labute approximate surface area is 169 Å². The van der Waals surface area contributed by atoms with Crippen molar-refractivity contribution in [3.63, 3.8) is 0 Å². The van der Waals surface area contributed by atoms with Crippen LogP contribution >= 0.6 is 0 Å². The lowest BCUT2D eigenvalue weighted by molar-refractivity contribution is 0.152. The van der Waals surface area contributed by atoms with Crippen LogP contribution in [0, 0.1) is 25.6 Å². The van der Waals surface area contributed by atoms with E-state index in [4.69, 9.17) is 0 Å². The molecule has 1 aromatic carbocycles. The van der Waals surface area contributed by atoms with Gasteiger partial charge in [0, 0.05) is 31.2 Å². The normalized spacial score (nSPS) is 22.5. The number of aryl methyl sites for hydroxylation is 3. The van der Waals surface area contributed by atoms with Gasteiger partial charge in [-0.1, -0.05) is 18.2 Å². The van der Waals surface area contributed by atoms with Gasteiger partial charge in [0.05, 0.1) is 17.7 Å². The maximum atomic E-state index is 14.6. The zero-order valence-corrected chi connectivity index (χ0v) is 17.2. The highest BCUT2D eigenvalue weighted by atomic mass is 19.1. The maximum absolute atomic E-state index is 14.6. The van der Waals surface area contributed by atoms with Crippen molar-refractivity contribution in [2.45, 2.75) is 32.4 Å². The van der Waals surface area contributed by atoms with Crippen LogP contribution in [-0.4, -0.2) is 56.0 Å². The highest BCUT2D eigenvalue weighted by Crippen LogP contribution is 2.41. The van der Waals surface area contributed by atoms with E-state index in [1.165, 1.54) is 6.07 Å². The molecule has 7 nitrogen and oxygen atoms in total. The van der Waals surface area contributed by atoms with Gasteiger partial charge in [-0.15, -0.1) is 0 Å². The maximum Gasteiger partial charge on any atom is 0.163 e. The molecule has 1 aliphatic rings. The molecule has 0 radical (unpaired) electrons. The van der Waals surface area contributed by atoms with Crippen molar-refractivity contribution in [2.24, 2.45) is 13.0 Å². The van der Waals surface area contributed by atoms with E-state index in [-0.39, 0.29) is 30.4 Å². The van der Waals surface area contributed by atoms with Gasteiger partial charge in [-0.3, -0.25) is 9.58 Å². The van der Waals surface area contributed by atoms with Crippen LogP contribution in [0.25, 0.3) is 11.0 Å². The Hall–Kier alpha value is -2.58. The summed E-state index contributed by atoms with van der Waals surface area (Å²) in [5, 5.41) is 18.7. The van der Waals surface area contributed by atoms with E-state index in [9.17, 15) is 9.50 Å². The topological polar surface area (TPSA) is 79.1 Å². The molecule has 1 fully saturated rings. The summed E-state index contributed by atoms with van der Waals surface area (Å²) in [5.74, 6) is 1.33. The third kappa shape index (κ3) is 3.47. The third-order valence-corrected chi connectivity index (χ3v) is 5.97. The fraction of sp³-hybridized carbons (Fsp3) is 0.476. The molecule has 0 saturated carbocycles. The van der Waals surface area contributed by atoms with Crippen molar-refractivity contribution < 1.29 is 9.50 Å². The predicted molar refractivity (Wildman–Crippen MR) is 110 cm³/mol. The number of benzene rings is 1. The number of aliphatic hydroxyl groups is 1. The molecule has 4 rings (SSSR count). The number of hydrogen-bond acceptors (Lipinski definition) is 6. The third-order valence-electron chi connectivity index (χ3n) is 5.97. The van der Waals surface area contributed by atoms with E-state index in [1.54, 1.807) is 10.7 Å². The summed E-state index contributed by atoms with van der Waals surface area (Å²) in [4.78, 5) is 11.2. The molecule has 3 aromatic rings. The van der Waals surface area contributed by atoms with E-state index in [0.29, 0.717) is 17.9 Å². The first-order valence-corrected chi connectivity index (χ1v) is 9.89. The summed E-state index contributed by atoms with van der Waals surface area (Å²) in [6.07, 6.45) is 0.776. The molecule has 0 amide bonds. The Kier molecular flexibility index (Phi) is 5.23. The molecule has 3 atom stereocenters. The summed E-state index contributed by atoms with van der Waals surface area (Å²) in [6.45, 7) is 4.47. The van der Waals surface area contributed by atoms with Crippen LogP contribution < -0.4 is 5.32 Å². The number of rotatable bonds is 5. The van der Waals surface area contributed by atoms with Gasteiger partial charge in [-0.2, -0.15) is 5.10 Å².